The molecule has 0 atom stereocenters. The Bertz CT molecular complexity index is 2030. The zero-order chi connectivity index (χ0) is 40.7. The van der Waals surface area contributed by atoms with Crippen molar-refractivity contribution in [1.82, 2.24) is 5.01 Å². The largest absolute Gasteiger partial charge is 0.485 e. The van der Waals surface area contributed by atoms with Crippen LogP contribution in [0.15, 0.2) is 77.1 Å². The fourth-order valence-corrected chi connectivity index (χ4v) is 6.99. The van der Waals surface area contributed by atoms with Crippen LogP contribution in [0.5, 0.6) is 11.5 Å². The van der Waals surface area contributed by atoms with Gasteiger partial charge in [0.25, 0.3) is 0 Å². The highest BCUT2D eigenvalue weighted by Crippen LogP contribution is 2.54. The topological polar surface area (TPSA) is 46.4 Å². The van der Waals surface area contributed by atoms with E-state index >= 15 is 0 Å². The number of thiophene rings is 1. The third-order valence-electron chi connectivity index (χ3n) is 8.74. The molecule has 2 heterocycles. The van der Waals surface area contributed by atoms with Gasteiger partial charge in [0.05, 0.1) is 22.0 Å². The van der Waals surface area contributed by atoms with Crippen LogP contribution in [-0.4, -0.2) is 48.7 Å². The lowest BCUT2D eigenvalue weighted by Gasteiger charge is -2.33. The summed E-state index contributed by atoms with van der Waals surface area (Å²) in [5.41, 5.74) is 4.32. The second-order valence-corrected chi connectivity index (χ2v) is 15.2. The third-order valence-corrected chi connectivity index (χ3v) is 10.5. The van der Waals surface area contributed by atoms with E-state index in [1.807, 2.05) is 68.5 Å². The summed E-state index contributed by atoms with van der Waals surface area (Å²) in [5, 5.41) is 10.6. The molecule has 0 radical (unpaired) electrons. The molecule has 0 saturated carbocycles. The molecule has 5 rings (SSSR count). The number of rotatable bonds is 16. The zero-order valence-electron chi connectivity index (χ0n) is 30.2. The van der Waals surface area contributed by atoms with Gasteiger partial charge in [-0.15, -0.1) is 16.5 Å². The van der Waals surface area contributed by atoms with Gasteiger partial charge < -0.3 is 9.47 Å². The van der Waals surface area contributed by atoms with Crippen molar-refractivity contribution in [1.29, 1.82) is 0 Å². The summed E-state index contributed by atoms with van der Waals surface area (Å²) >= 11 is 3.84. The Hall–Kier alpha value is -4.06. The second-order valence-electron chi connectivity index (χ2n) is 12.9. The van der Waals surface area contributed by atoms with Crippen LogP contribution in [0.2, 0.25) is 0 Å². The minimum atomic E-state index is -6.90. The number of hydrogen-bond acceptors (Lipinski definition) is 5. The van der Waals surface area contributed by atoms with E-state index in [1.165, 1.54) is 24.3 Å². The van der Waals surface area contributed by atoms with Gasteiger partial charge in [0.2, 0.25) is 0 Å². The summed E-state index contributed by atoms with van der Waals surface area (Å²) in [4.78, 5) is 1.89. The molecule has 1 aliphatic rings. The van der Waals surface area contributed by atoms with Crippen molar-refractivity contribution in [2.24, 2.45) is 10.3 Å². The molecular weight excluding hydrogens is 884 g/mol. The predicted molar refractivity (Wildman–Crippen MR) is 209 cm³/mol. The highest BCUT2D eigenvalue weighted by atomic mass is 127. The molecule has 4 aromatic rings. The maximum absolute atomic E-state index is 14.0. The Morgan fingerprint density at radius 2 is 1.30 bits per heavy atom. The van der Waals surface area contributed by atoms with Gasteiger partial charge >= 0.3 is 23.9 Å². The molecule has 5 nitrogen and oxygen atoms in total. The van der Waals surface area contributed by atoms with Crippen molar-refractivity contribution in [2.75, 3.05) is 19.8 Å². The zero-order valence-corrected chi connectivity index (χ0v) is 33.1. The first kappa shape index (κ1) is 43.1. The maximum atomic E-state index is 14.0. The van der Waals surface area contributed by atoms with Crippen molar-refractivity contribution in [3.05, 3.63) is 108 Å². The summed E-state index contributed by atoms with van der Waals surface area (Å²) in [7, 11) is 0. The van der Waals surface area contributed by atoms with Crippen LogP contribution in [0.1, 0.15) is 64.3 Å². The maximum Gasteiger partial charge on any atom is 0.460 e. The number of fused-ring (bicyclic) bond motifs is 1. The molecule has 0 amide bonds. The minimum Gasteiger partial charge on any atom is -0.485 e. The number of nitrogens with zero attached hydrogens (tertiary/aromatic N) is 3. The Balaban J connectivity index is 1.24. The highest BCUT2D eigenvalue weighted by molar-refractivity contribution is 14.1. The van der Waals surface area contributed by atoms with Crippen molar-refractivity contribution >= 4 is 63.9 Å². The molecule has 16 heteroatoms. The van der Waals surface area contributed by atoms with E-state index in [-0.39, 0.29) is 12.1 Å². The van der Waals surface area contributed by atoms with Crippen LogP contribution in [0.4, 0.5) is 45.2 Å². The van der Waals surface area contributed by atoms with E-state index in [1.54, 1.807) is 16.3 Å². The smallest absolute Gasteiger partial charge is 0.460 e. The lowest BCUT2D eigenvalue weighted by Crippen LogP contribution is -2.60. The molecule has 0 bridgehead atoms. The first-order chi connectivity index (χ1) is 26.5. The van der Waals surface area contributed by atoms with Crippen molar-refractivity contribution in [3.63, 3.8) is 0 Å². The van der Waals surface area contributed by atoms with Gasteiger partial charge in [-0.2, -0.15) is 39.5 Å². The molecule has 0 N–H and O–H groups in total. The summed E-state index contributed by atoms with van der Waals surface area (Å²) in [6, 6.07) is 19.7. The average Bonchev–Trinajstić information content (AvgIpc) is 3.52. The van der Waals surface area contributed by atoms with Gasteiger partial charge in [0, 0.05) is 16.5 Å². The lowest BCUT2D eigenvalue weighted by molar-refractivity contribution is -0.396. The van der Waals surface area contributed by atoms with Gasteiger partial charge in [-0.25, -0.2) is 0 Å². The fourth-order valence-electron chi connectivity index (χ4n) is 5.64. The molecular formula is C40H37F9IN3O2S. The Morgan fingerprint density at radius 3 is 1.88 bits per heavy atom. The second kappa shape index (κ2) is 18.0. The summed E-state index contributed by atoms with van der Waals surface area (Å²) in [5.74, 6) is -17.7. The van der Waals surface area contributed by atoms with Crippen LogP contribution in [0, 0.1) is 3.57 Å². The van der Waals surface area contributed by atoms with Crippen molar-refractivity contribution < 1.29 is 49.0 Å². The Labute approximate surface area is 336 Å². The first-order valence-electron chi connectivity index (χ1n) is 17.6. The molecule has 3 aromatic carbocycles. The van der Waals surface area contributed by atoms with Crippen LogP contribution < -0.4 is 9.47 Å². The van der Waals surface area contributed by atoms with Gasteiger partial charge in [-0.3, -0.25) is 5.01 Å². The number of alkyl halides is 9. The normalized spacial score (nSPS) is 14.1. The van der Waals surface area contributed by atoms with Crippen LogP contribution in [-0.2, 0) is 19.4 Å². The van der Waals surface area contributed by atoms with Gasteiger partial charge in [0.15, 0.2) is 11.5 Å². The number of ether oxygens (including phenoxy) is 2. The monoisotopic (exact) mass is 921 g/mol. The highest BCUT2D eigenvalue weighted by Gasteiger charge is 2.81. The summed E-state index contributed by atoms with van der Waals surface area (Å²) in [6.07, 6.45) is -0.175. The minimum absolute atomic E-state index is 0.0555. The number of aryl methyl sites for hydroxylation is 2. The Kier molecular flexibility index (Phi) is 13.9. The van der Waals surface area contributed by atoms with Gasteiger partial charge in [-0.05, 0) is 106 Å². The third kappa shape index (κ3) is 10.1. The van der Waals surface area contributed by atoms with E-state index in [4.69, 9.17) is 9.47 Å². The molecule has 0 fully saturated rings. The molecule has 300 valence electrons. The van der Waals surface area contributed by atoms with Crippen LogP contribution in [0.3, 0.4) is 0 Å². The fraction of sp³-hybridized carbons (Fsp3) is 0.350. The van der Waals surface area contributed by atoms with Crippen molar-refractivity contribution in [2.45, 2.75) is 70.0 Å². The first-order valence-corrected chi connectivity index (χ1v) is 19.5. The van der Waals surface area contributed by atoms with E-state index in [0.29, 0.717) is 49.6 Å². The van der Waals surface area contributed by atoms with E-state index in [0.717, 1.165) is 35.8 Å². The lowest BCUT2D eigenvalue weighted by atomic mass is 9.97. The van der Waals surface area contributed by atoms with Gasteiger partial charge in [0.1, 0.15) is 13.2 Å². The standard InChI is InChI=1S/C40H37F9IN3O2S/c1-3-21-53(25-29-7-5-27(6-8-29)19-20-37(41,42)38(43,44)39(45,46)40(47,48)49)52-51-32-16-11-28(24-30(32)4-2)13-18-34-36-35(54-22-23-55-36)33(56-34)17-12-26-9-14-31(50)15-10-26/h5-18,24H,3-4,19-23,25H2,1-2H3/b17-12+,18-13+,52-51?. The molecule has 0 aliphatic carbocycles. The van der Waals surface area contributed by atoms with Crippen LogP contribution >= 0.6 is 33.9 Å². The van der Waals surface area contributed by atoms with E-state index in [9.17, 15) is 39.5 Å². The van der Waals surface area contributed by atoms with E-state index in [2.05, 4.69) is 45.1 Å². The van der Waals surface area contributed by atoms with Crippen molar-refractivity contribution in [3.8, 4) is 11.5 Å². The molecule has 0 spiro atoms. The number of hydrogen-bond donors (Lipinski definition) is 0. The average molecular weight is 922 g/mol. The molecule has 56 heavy (non-hydrogen) atoms. The predicted octanol–water partition coefficient (Wildman–Crippen LogP) is 13.3. The van der Waals surface area contributed by atoms with Crippen LogP contribution in [0.25, 0.3) is 24.3 Å². The van der Waals surface area contributed by atoms with Gasteiger partial charge in [-0.1, -0.05) is 73.7 Å². The van der Waals surface area contributed by atoms with E-state index < -0.39 is 36.8 Å². The summed E-state index contributed by atoms with van der Waals surface area (Å²) in [6.45, 7) is 5.61. The quantitative estimate of drug-likeness (QED) is 0.0487. The molecule has 1 aliphatic heterocycles. The summed E-state index contributed by atoms with van der Waals surface area (Å²) < 4.78 is 132. The number of benzene rings is 3. The molecule has 0 saturated heterocycles. The SMILES string of the molecule is CCCN(Cc1ccc(CCC(F)(F)C(F)(F)C(F)(F)C(F)(F)F)cc1)N=Nc1ccc(/C=C/c2sc(/C=C/c3ccc(I)cc3)c3c2OCCO3)cc1CC. The number of halogens is 10. The molecule has 0 unspecified atom stereocenters. The Morgan fingerprint density at radius 1 is 0.732 bits per heavy atom. The molecule has 1 aromatic heterocycles.